The fraction of sp³-hybridized carbons (Fsp3) is 0.381. The molecule has 2 amide bonds. The molecule has 0 aromatic carbocycles. The first-order valence-corrected chi connectivity index (χ1v) is 13.0. The van der Waals surface area contributed by atoms with Crippen molar-refractivity contribution in [3.8, 4) is 11.6 Å². The van der Waals surface area contributed by atoms with E-state index in [1.807, 2.05) is 11.5 Å². The minimum atomic E-state index is -0.680. The lowest BCUT2D eigenvalue weighted by molar-refractivity contribution is -0.113. The van der Waals surface area contributed by atoms with Crippen LogP contribution in [0.5, 0.6) is 0 Å². The summed E-state index contributed by atoms with van der Waals surface area (Å²) in [7, 11) is 0. The molecular formula is C21H24BrN5O5S2. The van der Waals surface area contributed by atoms with E-state index in [1.165, 1.54) is 11.8 Å². The van der Waals surface area contributed by atoms with Gasteiger partial charge in [-0.25, -0.2) is 4.79 Å². The molecule has 3 aromatic heterocycles. The predicted octanol–water partition coefficient (Wildman–Crippen LogP) is 4.48. The van der Waals surface area contributed by atoms with E-state index >= 15 is 0 Å². The van der Waals surface area contributed by atoms with Crippen LogP contribution in [0.3, 0.4) is 0 Å². The quantitative estimate of drug-likeness (QED) is 0.269. The first-order chi connectivity index (χ1) is 16.1. The van der Waals surface area contributed by atoms with Crippen molar-refractivity contribution in [2.45, 2.75) is 51.9 Å². The molecule has 182 valence electrons. The van der Waals surface area contributed by atoms with Gasteiger partial charge in [-0.15, -0.1) is 21.5 Å². The smallest absolute Gasteiger partial charge is 0.341 e. The fourth-order valence-corrected chi connectivity index (χ4v) is 5.22. The number of amides is 2. The summed E-state index contributed by atoms with van der Waals surface area (Å²) in [6.45, 7) is 7.69. The van der Waals surface area contributed by atoms with Crippen molar-refractivity contribution >= 4 is 61.8 Å². The highest BCUT2D eigenvalue weighted by molar-refractivity contribution is 9.10. The van der Waals surface area contributed by atoms with E-state index in [4.69, 9.17) is 14.9 Å². The Kier molecular flexibility index (Phi) is 8.55. The van der Waals surface area contributed by atoms with Crippen molar-refractivity contribution in [3.63, 3.8) is 0 Å². The molecule has 3 heterocycles. The second-order valence-electron chi connectivity index (χ2n) is 7.48. The number of rotatable bonds is 10. The fourth-order valence-electron chi connectivity index (χ4n) is 3.09. The van der Waals surface area contributed by atoms with Crippen LogP contribution in [-0.2, 0) is 16.1 Å². The third-order valence-corrected chi connectivity index (χ3v) is 7.08. The maximum absolute atomic E-state index is 12.7. The largest absolute Gasteiger partial charge is 0.459 e. The van der Waals surface area contributed by atoms with Crippen LogP contribution >= 0.6 is 39.0 Å². The number of nitrogens with one attached hydrogen (secondary N) is 1. The van der Waals surface area contributed by atoms with E-state index in [0.29, 0.717) is 33.5 Å². The number of hydrogen-bond donors (Lipinski definition) is 2. The number of nitrogens with two attached hydrogens (primary N) is 1. The average Bonchev–Trinajstić information content (AvgIpc) is 3.43. The number of thiophene rings is 1. The van der Waals surface area contributed by atoms with Gasteiger partial charge in [0.1, 0.15) is 5.00 Å². The first kappa shape index (κ1) is 26.0. The van der Waals surface area contributed by atoms with Gasteiger partial charge in [-0.1, -0.05) is 18.7 Å². The summed E-state index contributed by atoms with van der Waals surface area (Å²) in [5.41, 5.74) is 5.94. The molecule has 0 saturated carbocycles. The number of aromatic nitrogens is 3. The molecule has 0 aliphatic carbocycles. The van der Waals surface area contributed by atoms with E-state index in [0.717, 1.165) is 17.8 Å². The van der Waals surface area contributed by atoms with Crippen LogP contribution < -0.4 is 11.1 Å². The molecule has 0 radical (unpaired) electrons. The third-order valence-electron chi connectivity index (χ3n) is 4.46. The summed E-state index contributed by atoms with van der Waals surface area (Å²) in [4.78, 5) is 37.3. The van der Waals surface area contributed by atoms with Gasteiger partial charge in [-0.2, -0.15) is 0 Å². The zero-order valence-electron chi connectivity index (χ0n) is 19.0. The summed E-state index contributed by atoms with van der Waals surface area (Å²) in [5.74, 6) is -0.559. The third kappa shape index (κ3) is 5.88. The molecule has 0 atom stereocenters. The van der Waals surface area contributed by atoms with Gasteiger partial charge in [-0.3, -0.25) is 14.2 Å². The lowest BCUT2D eigenvalue weighted by Gasteiger charge is -2.10. The van der Waals surface area contributed by atoms with E-state index in [9.17, 15) is 14.4 Å². The van der Waals surface area contributed by atoms with E-state index in [-0.39, 0.29) is 33.2 Å². The molecule has 3 aromatic rings. The Morgan fingerprint density at radius 2 is 2.06 bits per heavy atom. The first-order valence-electron chi connectivity index (χ1n) is 10.4. The second-order valence-corrected chi connectivity index (χ2v) is 10.2. The Balaban J connectivity index is 1.78. The van der Waals surface area contributed by atoms with Crippen molar-refractivity contribution < 1.29 is 23.5 Å². The molecule has 0 bridgehead atoms. The van der Waals surface area contributed by atoms with Crippen LogP contribution in [0.1, 0.15) is 52.8 Å². The maximum atomic E-state index is 12.7. The van der Waals surface area contributed by atoms with Gasteiger partial charge in [-0.05, 0) is 60.8 Å². The zero-order chi connectivity index (χ0) is 25.0. The molecular weight excluding hydrogens is 546 g/mol. The van der Waals surface area contributed by atoms with Gasteiger partial charge >= 0.3 is 5.97 Å². The molecule has 3 N–H and O–H groups in total. The summed E-state index contributed by atoms with van der Waals surface area (Å²) < 4.78 is 13.3. The van der Waals surface area contributed by atoms with Gasteiger partial charge < -0.3 is 20.2 Å². The Morgan fingerprint density at radius 1 is 1.32 bits per heavy atom. The van der Waals surface area contributed by atoms with Crippen LogP contribution in [0.2, 0.25) is 0 Å². The second kappa shape index (κ2) is 11.2. The Hall–Kier alpha value is -2.64. The van der Waals surface area contributed by atoms with Crippen LogP contribution in [0.15, 0.2) is 26.4 Å². The van der Waals surface area contributed by atoms with E-state index in [1.54, 1.807) is 32.9 Å². The topological polar surface area (TPSA) is 142 Å². The molecule has 13 heteroatoms. The Bertz CT molecular complexity index is 1220. The van der Waals surface area contributed by atoms with Crippen LogP contribution in [0.4, 0.5) is 5.00 Å². The molecule has 0 unspecified atom stereocenters. The van der Waals surface area contributed by atoms with Crippen molar-refractivity contribution in [1.82, 2.24) is 14.8 Å². The number of primary amides is 1. The molecule has 0 spiro atoms. The van der Waals surface area contributed by atoms with Gasteiger partial charge in [0.15, 0.2) is 15.6 Å². The lowest BCUT2D eigenvalue weighted by atomic mass is 10.1. The highest BCUT2D eigenvalue weighted by Crippen LogP contribution is 2.34. The van der Waals surface area contributed by atoms with Gasteiger partial charge in [0.05, 0.1) is 22.3 Å². The average molecular weight is 570 g/mol. The summed E-state index contributed by atoms with van der Waals surface area (Å²) in [6, 6.07) is 3.56. The Labute approximate surface area is 212 Å². The van der Waals surface area contributed by atoms with E-state index in [2.05, 4.69) is 31.4 Å². The normalized spacial score (nSPS) is 11.1. The summed E-state index contributed by atoms with van der Waals surface area (Å²) in [5, 5.41) is 11.9. The number of halogens is 1. The van der Waals surface area contributed by atoms with Crippen molar-refractivity contribution in [2.75, 3.05) is 11.1 Å². The molecule has 0 fully saturated rings. The number of anilines is 1. The van der Waals surface area contributed by atoms with Crippen molar-refractivity contribution in [3.05, 3.63) is 32.8 Å². The van der Waals surface area contributed by atoms with Crippen LogP contribution in [0, 0.1) is 6.92 Å². The van der Waals surface area contributed by atoms with E-state index < -0.39 is 11.9 Å². The van der Waals surface area contributed by atoms with Crippen LogP contribution in [0.25, 0.3) is 11.6 Å². The lowest BCUT2D eigenvalue weighted by Crippen LogP contribution is -2.18. The van der Waals surface area contributed by atoms with Gasteiger partial charge in [0, 0.05) is 6.54 Å². The minimum absolute atomic E-state index is 0.00518. The molecule has 34 heavy (non-hydrogen) atoms. The predicted molar refractivity (Wildman–Crippen MR) is 133 cm³/mol. The summed E-state index contributed by atoms with van der Waals surface area (Å²) >= 11 is 5.43. The number of carbonyl (C=O) groups excluding carboxylic acids is 3. The minimum Gasteiger partial charge on any atom is -0.459 e. The molecule has 0 aliphatic heterocycles. The molecule has 0 saturated heterocycles. The number of thioether (sulfide) groups is 1. The highest BCUT2D eigenvalue weighted by atomic mass is 79.9. The standard InChI is InChI=1S/C21H24BrN5O5S2/c1-5-8-27-18(12-6-7-13(22)32-12)25-26-21(27)33-9-14(28)24-19-15(20(30)31-10(2)3)11(4)16(34-19)17(23)29/h6-7,10H,5,8-9H2,1-4H3,(H2,23,29)(H,24,28). The monoisotopic (exact) mass is 569 g/mol. The number of furan rings is 1. The SMILES string of the molecule is CCCn1c(SCC(=O)Nc2sc(C(N)=O)c(C)c2C(=O)OC(C)C)nnc1-c1ccc(Br)o1. The summed E-state index contributed by atoms with van der Waals surface area (Å²) in [6.07, 6.45) is 0.468. The number of nitrogens with zero attached hydrogens (tertiary/aromatic N) is 3. The molecule has 0 aliphatic rings. The zero-order valence-corrected chi connectivity index (χ0v) is 22.2. The van der Waals surface area contributed by atoms with Gasteiger partial charge in [0.25, 0.3) is 5.91 Å². The number of hydrogen-bond acceptors (Lipinski definition) is 9. The number of esters is 1. The number of carbonyl (C=O) groups is 3. The Morgan fingerprint density at radius 3 is 2.65 bits per heavy atom. The highest BCUT2D eigenvalue weighted by Gasteiger charge is 2.26. The molecule has 10 nitrogen and oxygen atoms in total. The van der Waals surface area contributed by atoms with Crippen molar-refractivity contribution in [1.29, 1.82) is 0 Å². The number of ether oxygens (including phenoxy) is 1. The molecule has 3 rings (SSSR count). The maximum Gasteiger partial charge on any atom is 0.341 e. The van der Waals surface area contributed by atoms with Crippen LogP contribution in [-0.4, -0.2) is 44.4 Å². The van der Waals surface area contributed by atoms with Gasteiger partial charge in [0.2, 0.25) is 11.7 Å². The van der Waals surface area contributed by atoms with Crippen molar-refractivity contribution in [2.24, 2.45) is 5.73 Å².